The summed E-state index contributed by atoms with van der Waals surface area (Å²) in [6.07, 6.45) is -0.454. The lowest BCUT2D eigenvalue weighted by molar-refractivity contribution is -0.151. The maximum atomic E-state index is 13.1. The van der Waals surface area contributed by atoms with Crippen LogP contribution in [0.25, 0.3) is 11.1 Å². The molecule has 10 nitrogen and oxygen atoms in total. The molecule has 3 rings (SSSR count). The van der Waals surface area contributed by atoms with Gasteiger partial charge in [0.1, 0.15) is 6.10 Å². The Morgan fingerprint density at radius 3 is 1.92 bits per heavy atom. The van der Waals surface area contributed by atoms with E-state index in [1.807, 2.05) is 13.8 Å². The van der Waals surface area contributed by atoms with Gasteiger partial charge < -0.3 is 38.6 Å². The summed E-state index contributed by atoms with van der Waals surface area (Å²) in [4.78, 5) is 25.4. The summed E-state index contributed by atoms with van der Waals surface area (Å²) in [5.41, 5.74) is 1.56. The molecule has 39 heavy (non-hydrogen) atoms. The molecule has 212 valence electrons. The third-order valence-corrected chi connectivity index (χ3v) is 7.23. The normalized spacial score (nSPS) is 20.5. The number of phenolic OH excluding ortho intramolecular Hbond substituents is 1. The molecular formula is C29H36O10. The van der Waals surface area contributed by atoms with E-state index >= 15 is 0 Å². The highest BCUT2D eigenvalue weighted by molar-refractivity contribution is 5.95. The molecule has 0 unspecified atom stereocenters. The highest BCUT2D eigenvalue weighted by atomic mass is 16.6. The second-order valence-electron chi connectivity index (χ2n) is 9.39. The van der Waals surface area contributed by atoms with Crippen molar-refractivity contribution < 1.29 is 48.2 Å². The number of hydrogen-bond donors (Lipinski definition) is 2. The molecule has 0 aromatic heterocycles. The van der Waals surface area contributed by atoms with Gasteiger partial charge in [0.2, 0.25) is 11.5 Å². The van der Waals surface area contributed by atoms with E-state index in [0.717, 1.165) is 0 Å². The summed E-state index contributed by atoms with van der Waals surface area (Å²) in [5, 5.41) is 22.4. The van der Waals surface area contributed by atoms with Crippen molar-refractivity contribution in [1.29, 1.82) is 0 Å². The number of fused-ring (bicyclic) bond motifs is 3. The fourth-order valence-electron chi connectivity index (χ4n) is 4.86. The first-order chi connectivity index (χ1) is 18.5. The number of esters is 2. The molecule has 0 fully saturated rings. The molecular weight excluding hydrogens is 508 g/mol. The number of carbonyl (C=O) groups excluding carboxylic acids is 2. The van der Waals surface area contributed by atoms with E-state index in [4.69, 9.17) is 28.4 Å². The van der Waals surface area contributed by atoms with Gasteiger partial charge in [0.05, 0.1) is 34.5 Å². The molecule has 2 aromatic rings. The molecule has 2 N–H and O–H groups in total. The van der Waals surface area contributed by atoms with Crippen LogP contribution in [0.2, 0.25) is 0 Å². The predicted octanol–water partition coefficient (Wildman–Crippen LogP) is 4.89. The molecule has 4 atom stereocenters. The van der Waals surface area contributed by atoms with Crippen molar-refractivity contribution in [3.63, 3.8) is 0 Å². The molecule has 1 aliphatic rings. The van der Waals surface area contributed by atoms with E-state index in [-0.39, 0.29) is 45.6 Å². The van der Waals surface area contributed by atoms with E-state index in [1.54, 1.807) is 26.0 Å². The molecule has 0 radical (unpaired) electrons. The molecule has 0 amide bonds. The van der Waals surface area contributed by atoms with Gasteiger partial charge >= 0.3 is 11.9 Å². The van der Waals surface area contributed by atoms with Gasteiger partial charge in [-0.15, -0.1) is 0 Å². The Balaban J connectivity index is 2.67. The van der Waals surface area contributed by atoms with Crippen molar-refractivity contribution >= 4 is 11.9 Å². The predicted molar refractivity (Wildman–Crippen MR) is 143 cm³/mol. The molecule has 0 heterocycles. The third kappa shape index (κ3) is 5.21. The minimum Gasteiger partial charge on any atom is -0.504 e. The van der Waals surface area contributed by atoms with Crippen LogP contribution in [0.1, 0.15) is 58.0 Å². The standard InChI is InChI=1S/C29H36O10/c1-10-13(2)29(33)39-28-22-18(12-20(34-6)26(28)36-8)24(38-16(5)30)15(4)14(3)23(32)17-11-19(31)25(35-7)27(37-9)21(17)22/h10-12,14-15,23-24,31-32H,1-9H3/t14-,15-,23-,24-/m1/s1. The average Bonchev–Trinajstić information content (AvgIpc) is 2.92. The quantitative estimate of drug-likeness (QED) is 0.282. The van der Waals surface area contributed by atoms with Crippen LogP contribution >= 0.6 is 0 Å². The second kappa shape index (κ2) is 11.9. The monoisotopic (exact) mass is 544 g/mol. The second-order valence-corrected chi connectivity index (χ2v) is 9.39. The summed E-state index contributed by atoms with van der Waals surface area (Å²) in [6.45, 7) is 8.24. The Kier molecular flexibility index (Phi) is 9.01. The van der Waals surface area contributed by atoms with Crippen LogP contribution in [-0.2, 0) is 14.3 Å². The third-order valence-electron chi connectivity index (χ3n) is 7.23. The Bertz CT molecular complexity index is 1300. The van der Waals surface area contributed by atoms with Crippen molar-refractivity contribution in [2.75, 3.05) is 28.4 Å². The average molecular weight is 545 g/mol. The summed E-state index contributed by atoms with van der Waals surface area (Å²) >= 11 is 0. The number of aromatic hydroxyl groups is 1. The highest BCUT2D eigenvalue weighted by Gasteiger charge is 2.42. The van der Waals surface area contributed by atoms with E-state index in [2.05, 4.69) is 0 Å². The van der Waals surface area contributed by atoms with Crippen molar-refractivity contribution in [3.05, 3.63) is 34.9 Å². The van der Waals surface area contributed by atoms with Crippen LogP contribution in [-0.4, -0.2) is 50.6 Å². The van der Waals surface area contributed by atoms with E-state index in [9.17, 15) is 19.8 Å². The maximum absolute atomic E-state index is 13.1. The van der Waals surface area contributed by atoms with Crippen molar-refractivity contribution in [2.24, 2.45) is 11.8 Å². The lowest BCUT2D eigenvalue weighted by atomic mass is 9.74. The van der Waals surface area contributed by atoms with Crippen molar-refractivity contribution in [1.82, 2.24) is 0 Å². The summed E-state index contributed by atoms with van der Waals surface area (Å²) in [7, 11) is 5.57. The van der Waals surface area contributed by atoms with Crippen LogP contribution in [0, 0.1) is 11.8 Å². The van der Waals surface area contributed by atoms with Gasteiger partial charge in [0.25, 0.3) is 0 Å². The SMILES string of the molecule is CC=C(C)C(=O)Oc1c(OC)c(OC)cc2c1-c1c(cc(O)c(OC)c1OC)[C@H](O)[C@H](C)[C@@H](C)[C@H]2OC(C)=O. The fraction of sp³-hybridized carbons (Fsp3) is 0.448. The lowest BCUT2D eigenvalue weighted by Gasteiger charge is -2.37. The zero-order valence-electron chi connectivity index (χ0n) is 23.7. The first-order valence-electron chi connectivity index (χ1n) is 12.4. The highest BCUT2D eigenvalue weighted by Crippen LogP contribution is 2.59. The Hall–Kier alpha value is -3.92. The summed E-state index contributed by atoms with van der Waals surface area (Å²) in [6, 6.07) is 3.03. The molecule has 2 aromatic carbocycles. The summed E-state index contributed by atoms with van der Waals surface area (Å²) in [5.74, 6) is -2.04. The number of phenols is 1. The molecule has 1 aliphatic carbocycles. The van der Waals surface area contributed by atoms with Gasteiger partial charge in [-0.1, -0.05) is 19.9 Å². The number of hydrogen-bond acceptors (Lipinski definition) is 10. The Morgan fingerprint density at radius 1 is 0.821 bits per heavy atom. The van der Waals surface area contributed by atoms with Gasteiger partial charge in [0, 0.05) is 35.1 Å². The van der Waals surface area contributed by atoms with Gasteiger partial charge in [-0.05, 0) is 37.5 Å². The van der Waals surface area contributed by atoms with Crippen molar-refractivity contribution in [2.45, 2.75) is 46.8 Å². The zero-order valence-corrected chi connectivity index (χ0v) is 23.7. The van der Waals surface area contributed by atoms with Crippen LogP contribution in [0.4, 0.5) is 0 Å². The zero-order chi connectivity index (χ0) is 29.2. The summed E-state index contributed by atoms with van der Waals surface area (Å²) < 4.78 is 34.2. The van der Waals surface area contributed by atoms with E-state index < -0.39 is 36.0 Å². The molecule has 0 spiro atoms. The Morgan fingerprint density at radius 2 is 1.41 bits per heavy atom. The van der Waals surface area contributed by atoms with Crippen LogP contribution < -0.4 is 23.7 Å². The lowest BCUT2D eigenvalue weighted by Crippen LogP contribution is -2.29. The largest absolute Gasteiger partial charge is 0.504 e. The van der Waals surface area contributed by atoms with E-state index in [0.29, 0.717) is 16.7 Å². The van der Waals surface area contributed by atoms with Gasteiger partial charge in [0.15, 0.2) is 23.0 Å². The molecule has 0 saturated heterocycles. The number of ether oxygens (including phenoxy) is 6. The number of rotatable bonds is 7. The molecule has 10 heteroatoms. The van der Waals surface area contributed by atoms with Gasteiger partial charge in [-0.2, -0.15) is 0 Å². The number of allylic oxidation sites excluding steroid dienone is 1. The van der Waals surface area contributed by atoms with E-state index in [1.165, 1.54) is 41.4 Å². The number of benzene rings is 2. The first kappa shape index (κ1) is 29.6. The first-order valence-corrected chi connectivity index (χ1v) is 12.4. The molecule has 0 aliphatic heterocycles. The van der Waals surface area contributed by atoms with Gasteiger partial charge in [-0.3, -0.25) is 4.79 Å². The smallest absolute Gasteiger partial charge is 0.338 e. The van der Waals surface area contributed by atoms with Gasteiger partial charge in [-0.25, -0.2) is 4.79 Å². The number of carbonyl (C=O) groups is 2. The van der Waals surface area contributed by atoms with Crippen LogP contribution in [0.3, 0.4) is 0 Å². The molecule has 0 saturated carbocycles. The Labute approximate surface area is 228 Å². The number of aliphatic hydroxyl groups excluding tert-OH is 1. The van der Waals surface area contributed by atoms with Crippen molar-refractivity contribution in [3.8, 4) is 45.6 Å². The number of methoxy groups -OCH3 is 4. The van der Waals surface area contributed by atoms with Crippen LogP contribution in [0.5, 0.6) is 34.5 Å². The minimum atomic E-state index is -1.15. The minimum absolute atomic E-state index is 0.00333. The molecule has 0 bridgehead atoms. The fourth-order valence-corrected chi connectivity index (χ4v) is 4.86. The maximum Gasteiger partial charge on any atom is 0.338 e. The number of aliphatic hydroxyl groups is 1. The topological polar surface area (TPSA) is 130 Å². The van der Waals surface area contributed by atoms with Crippen LogP contribution in [0.15, 0.2) is 23.8 Å².